The van der Waals surface area contributed by atoms with Crippen LogP contribution in [-0.4, -0.2) is 52.4 Å². The molecule has 3 aliphatic rings. The monoisotopic (exact) mass is 397 g/mol. The van der Waals surface area contributed by atoms with Crippen LogP contribution in [-0.2, 0) is 6.54 Å². The number of nitrogens with zero attached hydrogens (tertiary/aromatic N) is 3. The van der Waals surface area contributed by atoms with E-state index in [-0.39, 0.29) is 17.0 Å². The molecule has 5 rings (SSSR count). The molecule has 0 aliphatic carbocycles. The van der Waals surface area contributed by atoms with E-state index in [1.165, 1.54) is 11.8 Å². The van der Waals surface area contributed by atoms with Gasteiger partial charge >= 0.3 is 0 Å². The number of thioether (sulfide) groups is 1. The van der Waals surface area contributed by atoms with E-state index in [4.69, 9.17) is 9.47 Å². The predicted octanol–water partition coefficient (Wildman–Crippen LogP) is 2.05. The van der Waals surface area contributed by atoms with Crippen molar-refractivity contribution in [1.82, 2.24) is 14.5 Å². The van der Waals surface area contributed by atoms with Crippen LogP contribution < -0.4 is 15.0 Å². The Balaban J connectivity index is 1.35. The SMILES string of the molecule is O=C(c1cnc2n(c1=O)CCS2)N1CC=C(c2ccc3c(c2)OCCO3)CC1. The van der Waals surface area contributed by atoms with E-state index < -0.39 is 0 Å². The molecule has 7 nitrogen and oxygen atoms in total. The minimum Gasteiger partial charge on any atom is -0.486 e. The molecular weight excluding hydrogens is 378 g/mol. The summed E-state index contributed by atoms with van der Waals surface area (Å²) in [5.41, 5.74) is 2.16. The molecule has 0 fully saturated rings. The van der Waals surface area contributed by atoms with Crippen molar-refractivity contribution >= 4 is 23.2 Å². The predicted molar refractivity (Wildman–Crippen MR) is 105 cm³/mol. The summed E-state index contributed by atoms with van der Waals surface area (Å²) in [5, 5.41) is 0.695. The van der Waals surface area contributed by atoms with Crippen LogP contribution in [0, 0.1) is 0 Å². The lowest BCUT2D eigenvalue weighted by molar-refractivity contribution is 0.0769. The van der Waals surface area contributed by atoms with E-state index in [1.807, 2.05) is 24.3 Å². The first kappa shape index (κ1) is 17.4. The van der Waals surface area contributed by atoms with Gasteiger partial charge in [0.1, 0.15) is 18.8 Å². The number of hydrogen-bond acceptors (Lipinski definition) is 6. The minimum atomic E-state index is -0.248. The molecule has 4 heterocycles. The lowest BCUT2D eigenvalue weighted by atomic mass is 9.98. The number of ether oxygens (including phenoxy) is 2. The molecule has 0 atom stereocenters. The number of hydrogen-bond donors (Lipinski definition) is 0. The lowest BCUT2D eigenvalue weighted by Crippen LogP contribution is -2.39. The first-order valence-electron chi connectivity index (χ1n) is 9.32. The minimum absolute atomic E-state index is 0.155. The van der Waals surface area contributed by atoms with Gasteiger partial charge in [-0.2, -0.15) is 0 Å². The molecule has 8 heteroatoms. The maximum Gasteiger partial charge on any atom is 0.267 e. The normalized spacial score (nSPS) is 17.9. The molecule has 3 aliphatic heterocycles. The lowest BCUT2D eigenvalue weighted by Gasteiger charge is -2.27. The zero-order chi connectivity index (χ0) is 19.1. The summed E-state index contributed by atoms with van der Waals surface area (Å²) in [7, 11) is 0. The van der Waals surface area contributed by atoms with Gasteiger partial charge in [-0.05, 0) is 29.7 Å². The molecule has 28 heavy (non-hydrogen) atoms. The van der Waals surface area contributed by atoms with Crippen LogP contribution in [0.5, 0.6) is 11.5 Å². The fourth-order valence-electron chi connectivity index (χ4n) is 3.69. The van der Waals surface area contributed by atoms with Gasteiger partial charge in [0.05, 0.1) is 0 Å². The molecule has 1 amide bonds. The second kappa shape index (κ2) is 7.01. The largest absolute Gasteiger partial charge is 0.486 e. The summed E-state index contributed by atoms with van der Waals surface area (Å²) in [5.74, 6) is 2.11. The Morgan fingerprint density at radius 1 is 1.14 bits per heavy atom. The second-order valence-corrected chi connectivity index (χ2v) is 7.91. The fraction of sp³-hybridized carbons (Fsp3) is 0.350. The highest BCUT2D eigenvalue weighted by Gasteiger charge is 2.25. The fourth-order valence-corrected chi connectivity index (χ4v) is 4.61. The third-order valence-electron chi connectivity index (χ3n) is 5.20. The van der Waals surface area contributed by atoms with E-state index >= 15 is 0 Å². The molecule has 0 saturated heterocycles. The highest BCUT2D eigenvalue weighted by atomic mass is 32.2. The van der Waals surface area contributed by atoms with Crippen LogP contribution in [0.2, 0.25) is 0 Å². The number of carbonyl (C=O) groups excluding carboxylic acids is 1. The molecule has 0 saturated carbocycles. The van der Waals surface area contributed by atoms with Crippen molar-refractivity contribution in [3.63, 3.8) is 0 Å². The van der Waals surface area contributed by atoms with Crippen LogP contribution in [0.25, 0.3) is 5.57 Å². The maximum atomic E-state index is 12.9. The van der Waals surface area contributed by atoms with E-state index in [0.717, 1.165) is 29.2 Å². The van der Waals surface area contributed by atoms with Crippen LogP contribution in [0.15, 0.2) is 40.4 Å². The van der Waals surface area contributed by atoms with Gasteiger partial charge in [0.2, 0.25) is 0 Å². The summed E-state index contributed by atoms with van der Waals surface area (Å²) in [6, 6.07) is 5.94. The molecular formula is C20H19N3O4S. The van der Waals surface area contributed by atoms with Crippen molar-refractivity contribution in [3.8, 4) is 11.5 Å². The van der Waals surface area contributed by atoms with E-state index in [1.54, 1.807) is 21.2 Å². The van der Waals surface area contributed by atoms with Crippen LogP contribution in [0.3, 0.4) is 0 Å². The Labute approximate surface area is 166 Å². The number of benzene rings is 1. The van der Waals surface area contributed by atoms with Gasteiger partial charge in [0, 0.05) is 31.6 Å². The molecule has 0 N–H and O–H groups in total. The Morgan fingerprint density at radius 2 is 2.00 bits per heavy atom. The summed E-state index contributed by atoms with van der Waals surface area (Å²) >= 11 is 1.54. The van der Waals surface area contributed by atoms with Gasteiger partial charge in [-0.25, -0.2) is 4.98 Å². The Kier molecular flexibility index (Phi) is 4.35. The summed E-state index contributed by atoms with van der Waals surface area (Å²) < 4.78 is 12.8. The number of rotatable bonds is 2. The number of fused-ring (bicyclic) bond motifs is 2. The van der Waals surface area contributed by atoms with E-state index in [2.05, 4.69) is 4.98 Å². The van der Waals surface area contributed by atoms with Crippen molar-refractivity contribution in [3.05, 3.63) is 52.0 Å². The van der Waals surface area contributed by atoms with Crippen LogP contribution >= 0.6 is 11.8 Å². The number of amides is 1. The third-order valence-corrected chi connectivity index (χ3v) is 6.17. The molecule has 2 aromatic rings. The second-order valence-electron chi connectivity index (χ2n) is 6.85. The van der Waals surface area contributed by atoms with Crippen LogP contribution in [0.4, 0.5) is 0 Å². The summed E-state index contributed by atoms with van der Waals surface area (Å²) in [6.45, 7) is 2.78. The Hall–Kier alpha value is -2.74. The van der Waals surface area contributed by atoms with Crippen molar-refractivity contribution < 1.29 is 14.3 Å². The molecule has 0 spiro atoms. The molecule has 0 unspecified atom stereocenters. The van der Waals surface area contributed by atoms with Gasteiger partial charge in [-0.1, -0.05) is 23.9 Å². The zero-order valence-corrected chi connectivity index (χ0v) is 16.0. The van der Waals surface area contributed by atoms with Gasteiger partial charge in [-0.3, -0.25) is 14.2 Å². The summed E-state index contributed by atoms with van der Waals surface area (Å²) in [4.78, 5) is 31.4. The van der Waals surface area contributed by atoms with Crippen molar-refractivity contribution in [2.75, 3.05) is 32.1 Å². The van der Waals surface area contributed by atoms with Crippen molar-refractivity contribution in [2.45, 2.75) is 18.1 Å². The van der Waals surface area contributed by atoms with Gasteiger partial charge in [0.25, 0.3) is 11.5 Å². The van der Waals surface area contributed by atoms with Crippen molar-refractivity contribution in [1.29, 1.82) is 0 Å². The van der Waals surface area contributed by atoms with Crippen molar-refractivity contribution in [2.24, 2.45) is 0 Å². The first-order valence-corrected chi connectivity index (χ1v) is 10.3. The Bertz CT molecular complexity index is 1050. The average Bonchev–Trinajstić information content (AvgIpc) is 3.23. The zero-order valence-electron chi connectivity index (χ0n) is 15.2. The topological polar surface area (TPSA) is 73.7 Å². The molecule has 1 aromatic carbocycles. The highest BCUT2D eigenvalue weighted by Crippen LogP contribution is 2.34. The average molecular weight is 397 g/mol. The first-order chi connectivity index (χ1) is 13.7. The van der Waals surface area contributed by atoms with E-state index in [0.29, 0.717) is 38.0 Å². The number of aromatic nitrogens is 2. The van der Waals surface area contributed by atoms with Gasteiger partial charge in [-0.15, -0.1) is 0 Å². The number of carbonyl (C=O) groups is 1. The van der Waals surface area contributed by atoms with E-state index in [9.17, 15) is 9.59 Å². The molecule has 144 valence electrons. The quantitative estimate of drug-likeness (QED) is 0.722. The van der Waals surface area contributed by atoms with Crippen LogP contribution in [0.1, 0.15) is 22.3 Å². The molecule has 0 radical (unpaired) electrons. The third kappa shape index (κ3) is 2.97. The molecule has 0 bridgehead atoms. The Morgan fingerprint density at radius 3 is 2.82 bits per heavy atom. The highest BCUT2D eigenvalue weighted by molar-refractivity contribution is 7.99. The van der Waals surface area contributed by atoms with Gasteiger partial charge < -0.3 is 14.4 Å². The smallest absolute Gasteiger partial charge is 0.267 e. The van der Waals surface area contributed by atoms with Gasteiger partial charge in [0.15, 0.2) is 16.7 Å². The summed E-state index contributed by atoms with van der Waals surface area (Å²) in [6.07, 6.45) is 4.19. The molecule has 1 aromatic heterocycles. The maximum absolute atomic E-state index is 12.9. The standard InChI is InChI=1S/C20H19N3O4S/c24-18(15-12-21-20-23(19(15)25)7-10-28-20)22-5-3-13(4-6-22)14-1-2-16-17(11-14)27-9-8-26-16/h1-3,11-12H,4-10H2.